The molecule has 18 heavy (non-hydrogen) atoms. The van der Waals surface area contributed by atoms with E-state index in [9.17, 15) is 0 Å². The quantitative estimate of drug-likeness (QED) is 0.634. The van der Waals surface area contributed by atoms with Crippen molar-refractivity contribution in [2.75, 3.05) is 29.1 Å². The van der Waals surface area contributed by atoms with E-state index >= 15 is 0 Å². The first kappa shape index (κ1) is 12.0. The molecule has 94 valence electrons. The van der Waals surface area contributed by atoms with Gasteiger partial charge in [0.25, 0.3) is 0 Å². The zero-order chi connectivity index (χ0) is 13.0. The third kappa shape index (κ3) is 2.79. The predicted molar refractivity (Wildman–Crippen MR) is 73.9 cm³/mol. The Labute approximate surface area is 105 Å². The van der Waals surface area contributed by atoms with Gasteiger partial charge in [0.2, 0.25) is 5.95 Å². The van der Waals surface area contributed by atoms with Crippen LogP contribution < -0.4 is 22.5 Å². The molecule has 0 saturated heterocycles. The van der Waals surface area contributed by atoms with Crippen LogP contribution in [0, 0.1) is 0 Å². The summed E-state index contributed by atoms with van der Waals surface area (Å²) in [7, 11) is 0. The minimum Gasteiger partial charge on any atom is -0.393 e. The summed E-state index contributed by atoms with van der Waals surface area (Å²) in [6.07, 6.45) is 0.869. The lowest BCUT2D eigenvalue weighted by molar-refractivity contribution is 0.988. The summed E-state index contributed by atoms with van der Waals surface area (Å²) in [6.45, 7) is 0.701. The Morgan fingerprint density at radius 3 is 2.17 bits per heavy atom. The Hall–Kier alpha value is -2.50. The maximum absolute atomic E-state index is 5.61. The lowest BCUT2D eigenvalue weighted by Crippen LogP contribution is -2.12. The largest absolute Gasteiger partial charge is 0.393 e. The van der Waals surface area contributed by atoms with Gasteiger partial charge in [-0.15, -0.1) is 0 Å². The summed E-state index contributed by atoms with van der Waals surface area (Å²) >= 11 is 0. The summed E-state index contributed by atoms with van der Waals surface area (Å²) in [5.74, 6) is 0.796. The molecule has 0 aliphatic carbocycles. The van der Waals surface area contributed by atoms with Crippen LogP contribution in [0.5, 0.6) is 0 Å². The third-order valence-electron chi connectivity index (χ3n) is 2.54. The standard InChI is InChI=1S/C12H16N6/c13-9-10(14)17-12(18-11(9)15)16-7-6-8-4-2-1-3-5-8/h1-5H,6-7,13H2,(H5,14,15,16,17,18). The Morgan fingerprint density at radius 1 is 0.944 bits per heavy atom. The zero-order valence-corrected chi connectivity index (χ0v) is 9.93. The molecule has 0 fully saturated rings. The number of nitrogens with two attached hydrogens (primary N) is 3. The Morgan fingerprint density at radius 2 is 1.56 bits per heavy atom. The highest BCUT2D eigenvalue weighted by Gasteiger charge is 2.05. The molecule has 2 rings (SSSR count). The van der Waals surface area contributed by atoms with Crippen molar-refractivity contribution in [1.82, 2.24) is 9.97 Å². The van der Waals surface area contributed by atoms with E-state index in [0.29, 0.717) is 12.5 Å². The van der Waals surface area contributed by atoms with Crippen molar-refractivity contribution < 1.29 is 0 Å². The fourth-order valence-electron chi connectivity index (χ4n) is 1.55. The van der Waals surface area contributed by atoms with E-state index in [2.05, 4.69) is 27.4 Å². The first-order valence-electron chi connectivity index (χ1n) is 5.63. The van der Waals surface area contributed by atoms with Gasteiger partial charge in [-0.3, -0.25) is 0 Å². The van der Waals surface area contributed by atoms with Crippen molar-refractivity contribution in [2.24, 2.45) is 0 Å². The average Bonchev–Trinajstić information content (AvgIpc) is 2.37. The second-order valence-corrected chi connectivity index (χ2v) is 3.89. The number of aromatic nitrogens is 2. The van der Waals surface area contributed by atoms with Crippen molar-refractivity contribution in [2.45, 2.75) is 6.42 Å². The van der Waals surface area contributed by atoms with Crippen LogP contribution in [0.3, 0.4) is 0 Å². The summed E-state index contributed by atoms with van der Waals surface area (Å²) in [5.41, 5.74) is 18.2. The summed E-state index contributed by atoms with van der Waals surface area (Å²) in [4.78, 5) is 8.03. The lowest BCUT2D eigenvalue weighted by atomic mass is 10.1. The van der Waals surface area contributed by atoms with Crippen LogP contribution in [0.4, 0.5) is 23.3 Å². The maximum atomic E-state index is 5.61. The van der Waals surface area contributed by atoms with Gasteiger partial charge in [0.05, 0.1) is 0 Å². The maximum Gasteiger partial charge on any atom is 0.226 e. The summed E-state index contributed by atoms with van der Waals surface area (Å²) in [6, 6.07) is 10.1. The topological polar surface area (TPSA) is 116 Å². The molecule has 2 aromatic rings. The monoisotopic (exact) mass is 244 g/mol. The van der Waals surface area contributed by atoms with Crippen molar-refractivity contribution >= 4 is 23.3 Å². The van der Waals surface area contributed by atoms with E-state index in [-0.39, 0.29) is 17.3 Å². The highest BCUT2D eigenvalue weighted by atomic mass is 15.1. The van der Waals surface area contributed by atoms with Crippen LogP contribution in [0.2, 0.25) is 0 Å². The van der Waals surface area contributed by atoms with Gasteiger partial charge in [0, 0.05) is 6.54 Å². The molecule has 0 atom stereocenters. The minimum absolute atomic E-state index is 0.199. The Balaban J connectivity index is 1.95. The third-order valence-corrected chi connectivity index (χ3v) is 2.54. The van der Waals surface area contributed by atoms with Gasteiger partial charge in [-0.05, 0) is 12.0 Å². The molecule has 6 nitrogen and oxygen atoms in total. The number of hydrogen-bond acceptors (Lipinski definition) is 6. The SMILES string of the molecule is Nc1nc(NCCc2ccccc2)nc(N)c1N. The minimum atomic E-state index is 0.199. The molecule has 0 aliphatic heterocycles. The normalized spacial score (nSPS) is 10.2. The van der Waals surface area contributed by atoms with E-state index in [0.717, 1.165) is 6.42 Å². The number of nitrogen functional groups attached to an aromatic ring is 3. The molecule has 1 aromatic heterocycles. The molecule has 1 aromatic carbocycles. The molecule has 1 heterocycles. The van der Waals surface area contributed by atoms with Crippen molar-refractivity contribution in [3.8, 4) is 0 Å². The second-order valence-electron chi connectivity index (χ2n) is 3.89. The molecule has 6 heteroatoms. The Kier molecular flexibility index (Phi) is 3.47. The van der Waals surface area contributed by atoms with Gasteiger partial charge < -0.3 is 22.5 Å². The molecule has 0 amide bonds. The number of rotatable bonds is 4. The summed E-state index contributed by atoms with van der Waals surface area (Å²) in [5, 5.41) is 3.06. The molecule has 0 aliphatic rings. The molecule has 0 unspecified atom stereocenters. The zero-order valence-electron chi connectivity index (χ0n) is 9.93. The van der Waals surface area contributed by atoms with E-state index < -0.39 is 0 Å². The van der Waals surface area contributed by atoms with E-state index in [4.69, 9.17) is 17.2 Å². The highest BCUT2D eigenvalue weighted by molar-refractivity contribution is 5.72. The van der Waals surface area contributed by atoms with Crippen LogP contribution >= 0.6 is 0 Å². The number of hydrogen-bond donors (Lipinski definition) is 4. The first-order valence-corrected chi connectivity index (χ1v) is 5.63. The number of benzene rings is 1. The average molecular weight is 244 g/mol. The Bertz CT molecular complexity index is 502. The van der Waals surface area contributed by atoms with E-state index in [1.807, 2.05) is 18.2 Å². The predicted octanol–water partition coefficient (Wildman–Crippen LogP) is 0.878. The van der Waals surface area contributed by atoms with Gasteiger partial charge in [0.15, 0.2) is 11.6 Å². The number of nitrogens with zero attached hydrogens (tertiary/aromatic N) is 2. The molecule has 0 saturated carbocycles. The van der Waals surface area contributed by atoms with Gasteiger partial charge in [0.1, 0.15) is 5.69 Å². The highest BCUT2D eigenvalue weighted by Crippen LogP contribution is 2.19. The van der Waals surface area contributed by atoms with Crippen molar-refractivity contribution in [1.29, 1.82) is 0 Å². The molecular weight excluding hydrogens is 228 g/mol. The molecule has 0 radical (unpaired) electrons. The second kappa shape index (κ2) is 5.22. The fourth-order valence-corrected chi connectivity index (χ4v) is 1.55. The van der Waals surface area contributed by atoms with Crippen molar-refractivity contribution in [3.05, 3.63) is 35.9 Å². The smallest absolute Gasteiger partial charge is 0.226 e. The van der Waals surface area contributed by atoms with Crippen molar-refractivity contribution in [3.63, 3.8) is 0 Å². The molecule has 0 bridgehead atoms. The van der Waals surface area contributed by atoms with Gasteiger partial charge in [-0.2, -0.15) is 9.97 Å². The van der Waals surface area contributed by atoms with Crippen LogP contribution in [0.25, 0.3) is 0 Å². The lowest BCUT2D eigenvalue weighted by Gasteiger charge is -2.08. The van der Waals surface area contributed by atoms with Gasteiger partial charge in [-0.1, -0.05) is 30.3 Å². The number of anilines is 4. The summed E-state index contributed by atoms with van der Waals surface area (Å²) < 4.78 is 0. The van der Waals surface area contributed by atoms with Crippen LogP contribution in [0.15, 0.2) is 30.3 Å². The van der Waals surface area contributed by atoms with E-state index in [1.54, 1.807) is 0 Å². The van der Waals surface area contributed by atoms with Crippen LogP contribution in [-0.4, -0.2) is 16.5 Å². The molecule has 0 spiro atoms. The van der Waals surface area contributed by atoms with Crippen LogP contribution in [-0.2, 0) is 6.42 Å². The van der Waals surface area contributed by atoms with Gasteiger partial charge >= 0.3 is 0 Å². The fraction of sp³-hybridized carbons (Fsp3) is 0.167. The molecule has 7 N–H and O–H groups in total. The van der Waals surface area contributed by atoms with E-state index in [1.165, 1.54) is 5.56 Å². The van der Waals surface area contributed by atoms with Crippen LogP contribution in [0.1, 0.15) is 5.56 Å². The molecular formula is C12H16N6. The first-order chi connectivity index (χ1) is 8.66. The number of nitrogens with one attached hydrogen (secondary N) is 1. The van der Waals surface area contributed by atoms with Gasteiger partial charge in [-0.25, -0.2) is 0 Å².